The molecule has 1 aromatic carbocycles. The highest BCUT2D eigenvalue weighted by Crippen LogP contribution is 2.18. The monoisotopic (exact) mass is 276 g/mol. The van der Waals surface area contributed by atoms with E-state index in [1.165, 1.54) is 17.1 Å². The molecule has 0 aliphatic carbocycles. The summed E-state index contributed by atoms with van der Waals surface area (Å²) in [6, 6.07) is 7.14. The Balaban J connectivity index is 2.46. The third-order valence-electron chi connectivity index (χ3n) is 2.65. The lowest BCUT2D eigenvalue weighted by Crippen LogP contribution is -1.99. The van der Waals surface area contributed by atoms with Crippen molar-refractivity contribution in [1.29, 1.82) is 5.26 Å². The molecule has 19 heavy (non-hydrogen) atoms. The van der Waals surface area contributed by atoms with Crippen LogP contribution in [0.15, 0.2) is 35.5 Å². The number of rotatable bonds is 3. The van der Waals surface area contributed by atoms with Crippen LogP contribution in [0.25, 0.3) is 5.69 Å². The lowest BCUT2D eigenvalue weighted by atomic mass is 10.1. The van der Waals surface area contributed by atoms with E-state index in [2.05, 4.69) is 5.10 Å². The second-order valence-electron chi connectivity index (χ2n) is 4.11. The molecule has 1 aromatic heterocycles. The molecule has 0 unspecified atom stereocenters. The first-order chi connectivity index (χ1) is 8.91. The molecular formula is C12H12N4O2S. The van der Waals surface area contributed by atoms with Gasteiger partial charge in [-0.3, -0.25) is 0 Å². The van der Waals surface area contributed by atoms with Gasteiger partial charge in [0.2, 0.25) is 0 Å². The summed E-state index contributed by atoms with van der Waals surface area (Å²) in [6.45, 7) is 0. The summed E-state index contributed by atoms with van der Waals surface area (Å²) in [7, 11) is -3.28. The molecule has 2 rings (SSSR count). The zero-order valence-electron chi connectivity index (χ0n) is 10.2. The fraction of sp³-hybridized carbons (Fsp3) is 0.167. The Morgan fingerprint density at radius 1 is 1.47 bits per heavy atom. The van der Waals surface area contributed by atoms with Gasteiger partial charge in [-0.1, -0.05) is 0 Å². The predicted molar refractivity (Wildman–Crippen MR) is 70.4 cm³/mol. The molecule has 6 nitrogen and oxygen atoms in total. The minimum Gasteiger partial charge on any atom is -0.398 e. The summed E-state index contributed by atoms with van der Waals surface area (Å²) in [5.74, 6) is 0. The van der Waals surface area contributed by atoms with E-state index in [1.807, 2.05) is 6.07 Å². The topological polar surface area (TPSA) is 102 Å². The van der Waals surface area contributed by atoms with Crippen LogP contribution < -0.4 is 5.73 Å². The third kappa shape index (κ3) is 2.74. The smallest absolute Gasteiger partial charge is 0.178 e. The number of nitrogens with zero attached hydrogens (tertiary/aromatic N) is 3. The van der Waals surface area contributed by atoms with E-state index < -0.39 is 9.84 Å². The van der Waals surface area contributed by atoms with Crippen LogP contribution in [-0.4, -0.2) is 24.5 Å². The summed E-state index contributed by atoms with van der Waals surface area (Å²) in [6.07, 6.45) is 4.03. The lowest BCUT2D eigenvalue weighted by Gasteiger charge is -2.06. The zero-order chi connectivity index (χ0) is 14.0. The van der Waals surface area contributed by atoms with Crippen molar-refractivity contribution in [2.24, 2.45) is 0 Å². The molecule has 1 heterocycles. The second-order valence-corrected chi connectivity index (χ2v) is 6.13. The zero-order valence-corrected chi connectivity index (χ0v) is 11.1. The molecule has 98 valence electrons. The minimum absolute atomic E-state index is 0.145. The van der Waals surface area contributed by atoms with Gasteiger partial charge in [-0.25, -0.2) is 13.1 Å². The minimum atomic E-state index is -3.28. The van der Waals surface area contributed by atoms with Crippen molar-refractivity contribution in [3.8, 4) is 11.8 Å². The van der Waals surface area contributed by atoms with Gasteiger partial charge in [0, 0.05) is 18.1 Å². The Morgan fingerprint density at radius 3 is 2.79 bits per heavy atom. The van der Waals surface area contributed by atoms with Gasteiger partial charge in [0.1, 0.15) is 4.90 Å². The maximum atomic E-state index is 11.4. The first-order valence-corrected chi connectivity index (χ1v) is 7.31. The van der Waals surface area contributed by atoms with Crippen LogP contribution in [-0.2, 0) is 16.3 Å². The van der Waals surface area contributed by atoms with Crippen molar-refractivity contribution in [2.45, 2.75) is 11.3 Å². The molecule has 2 aromatic rings. The molecule has 0 aliphatic rings. The number of sulfone groups is 1. The summed E-state index contributed by atoms with van der Waals surface area (Å²) in [5.41, 5.74) is 7.63. The van der Waals surface area contributed by atoms with Crippen LogP contribution in [0.3, 0.4) is 0 Å². The average molecular weight is 276 g/mol. The van der Waals surface area contributed by atoms with E-state index in [9.17, 15) is 8.42 Å². The van der Waals surface area contributed by atoms with Crippen molar-refractivity contribution in [3.05, 3.63) is 36.2 Å². The van der Waals surface area contributed by atoms with Crippen molar-refractivity contribution < 1.29 is 8.42 Å². The number of hydrogen-bond acceptors (Lipinski definition) is 5. The fourth-order valence-electron chi connectivity index (χ4n) is 1.61. The summed E-state index contributed by atoms with van der Waals surface area (Å²) >= 11 is 0. The molecule has 0 saturated carbocycles. The van der Waals surface area contributed by atoms with Crippen LogP contribution in [0.1, 0.15) is 5.56 Å². The Kier molecular flexibility index (Phi) is 3.27. The highest BCUT2D eigenvalue weighted by molar-refractivity contribution is 7.90. The third-order valence-corrected chi connectivity index (χ3v) is 3.71. The van der Waals surface area contributed by atoms with Gasteiger partial charge in [0.05, 0.1) is 24.4 Å². The Bertz CT molecular complexity index is 756. The first kappa shape index (κ1) is 13.1. The maximum absolute atomic E-state index is 11.4. The van der Waals surface area contributed by atoms with Crippen LogP contribution in [0.2, 0.25) is 0 Å². The number of benzene rings is 1. The van der Waals surface area contributed by atoms with E-state index in [-0.39, 0.29) is 11.3 Å². The molecule has 0 amide bonds. The fourth-order valence-corrected chi connectivity index (χ4v) is 2.14. The van der Waals surface area contributed by atoms with E-state index in [0.29, 0.717) is 16.9 Å². The lowest BCUT2D eigenvalue weighted by molar-refractivity contribution is 0.602. The molecule has 0 bridgehead atoms. The molecule has 7 heteroatoms. The largest absolute Gasteiger partial charge is 0.398 e. The Hall–Kier alpha value is -2.33. The Morgan fingerprint density at radius 2 is 2.21 bits per heavy atom. The molecule has 0 fully saturated rings. The van der Waals surface area contributed by atoms with Crippen LogP contribution in [0.4, 0.5) is 5.69 Å². The van der Waals surface area contributed by atoms with Crippen molar-refractivity contribution in [1.82, 2.24) is 9.78 Å². The van der Waals surface area contributed by atoms with Gasteiger partial charge in [-0.15, -0.1) is 0 Å². The van der Waals surface area contributed by atoms with Crippen LogP contribution >= 0.6 is 0 Å². The number of aromatic nitrogens is 2. The molecule has 2 N–H and O–H groups in total. The van der Waals surface area contributed by atoms with Gasteiger partial charge in [-0.05, 0) is 23.8 Å². The molecule has 0 aliphatic heterocycles. The molecule has 0 spiro atoms. The summed E-state index contributed by atoms with van der Waals surface area (Å²) in [5, 5.41) is 12.7. The maximum Gasteiger partial charge on any atom is 0.178 e. The van der Waals surface area contributed by atoms with E-state index in [1.54, 1.807) is 18.2 Å². The van der Waals surface area contributed by atoms with E-state index in [0.717, 1.165) is 6.26 Å². The summed E-state index contributed by atoms with van der Waals surface area (Å²) < 4.78 is 24.2. The first-order valence-electron chi connectivity index (χ1n) is 5.42. The normalized spacial score (nSPS) is 11.2. The van der Waals surface area contributed by atoms with E-state index >= 15 is 0 Å². The predicted octanol–water partition coefficient (Wildman–Crippen LogP) is 0.924. The SMILES string of the molecule is CS(=O)(=O)c1cnn(-c2ccc(N)c(CC#N)c2)c1. The van der Waals surface area contributed by atoms with Gasteiger partial charge < -0.3 is 5.73 Å². The summed E-state index contributed by atoms with van der Waals surface area (Å²) in [4.78, 5) is 0.145. The highest BCUT2D eigenvalue weighted by Gasteiger charge is 2.11. The second kappa shape index (κ2) is 4.74. The van der Waals surface area contributed by atoms with Crippen molar-refractivity contribution in [2.75, 3.05) is 12.0 Å². The quantitative estimate of drug-likeness (QED) is 0.840. The van der Waals surface area contributed by atoms with Gasteiger partial charge in [0.15, 0.2) is 9.84 Å². The molecule has 0 saturated heterocycles. The Labute approximate surface area is 111 Å². The number of nitrogens with two attached hydrogens (primary N) is 1. The van der Waals surface area contributed by atoms with Crippen molar-refractivity contribution in [3.63, 3.8) is 0 Å². The molecular weight excluding hydrogens is 264 g/mol. The van der Waals surface area contributed by atoms with Gasteiger partial charge in [-0.2, -0.15) is 10.4 Å². The average Bonchev–Trinajstić information content (AvgIpc) is 2.81. The number of nitrogen functional groups attached to an aromatic ring is 1. The van der Waals surface area contributed by atoms with Gasteiger partial charge in [0.25, 0.3) is 0 Å². The molecule has 0 radical (unpaired) electrons. The standard InChI is InChI=1S/C12H12N4O2S/c1-19(17,18)11-7-15-16(8-11)10-2-3-12(14)9(6-10)4-5-13/h2-3,6-8H,4,14H2,1H3. The number of hydrogen-bond donors (Lipinski definition) is 1. The van der Waals surface area contributed by atoms with E-state index in [4.69, 9.17) is 11.0 Å². The van der Waals surface area contributed by atoms with Gasteiger partial charge >= 0.3 is 0 Å². The number of nitriles is 1. The molecule has 0 atom stereocenters. The van der Waals surface area contributed by atoms with Crippen molar-refractivity contribution >= 4 is 15.5 Å². The van der Waals surface area contributed by atoms with Crippen LogP contribution in [0, 0.1) is 11.3 Å². The highest BCUT2D eigenvalue weighted by atomic mass is 32.2. The number of anilines is 1. The van der Waals surface area contributed by atoms with Crippen LogP contribution in [0.5, 0.6) is 0 Å².